The van der Waals surface area contributed by atoms with Gasteiger partial charge < -0.3 is 19.9 Å². The van der Waals surface area contributed by atoms with Gasteiger partial charge in [0.2, 0.25) is 0 Å². The average Bonchev–Trinajstić information content (AvgIpc) is 3.02. The van der Waals surface area contributed by atoms with Crippen molar-refractivity contribution in [3.8, 4) is 11.5 Å². The first-order valence-electron chi connectivity index (χ1n) is 7.61. The number of benzene rings is 1. The molecular weight excluding hydrogens is 254 g/mol. The van der Waals surface area contributed by atoms with E-state index in [4.69, 9.17) is 9.47 Å². The molecule has 1 aliphatic heterocycles. The van der Waals surface area contributed by atoms with Crippen LogP contribution in [-0.4, -0.2) is 31.0 Å². The predicted octanol–water partition coefficient (Wildman–Crippen LogP) is 2.10. The van der Waals surface area contributed by atoms with Crippen LogP contribution in [0.1, 0.15) is 31.2 Å². The van der Waals surface area contributed by atoms with Gasteiger partial charge in [0.1, 0.15) is 13.2 Å². The lowest BCUT2D eigenvalue weighted by molar-refractivity contribution is 0.109. The Morgan fingerprint density at radius 1 is 1.20 bits per heavy atom. The molecule has 1 aromatic carbocycles. The van der Waals surface area contributed by atoms with Crippen molar-refractivity contribution in [3.63, 3.8) is 0 Å². The van der Waals surface area contributed by atoms with Gasteiger partial charge >= 0.3 is 0 Å². The Kier molecular flexibility index (Phi) is 4.43. The fourth-order valence-corrected chi connectivity index (χ4v) is 3.14. The topological polar surface area (TPSA) is 50.7 Å². The maximum Gasteiger partial charge on any atom is 0.165 e. The molecule has 20 heavy (non-hydrogen) atoms. The molecule has 0 saturated heterocycles. The van der Waals surface area contributed by atoms with Gasteiger partial charge in [-0.15, -0.1) is 0 Å². The summed E-state index contributed by atoms with van der Waals surface area (Å²) < 4.78 is 11.3. The molecule has 0 amide bonds. The third kappa shape index (κ3) is 3.07. The number of ether oxygens (including phenoxy) is 2. The average molecular weight is 277 g/mol. The van der Waals surface area contributed by atoms with Crippen LogP contribution in [0.5, 0.6) is 11.5 Å². The summed E-state index contributed by atoms with van der Waals surface area (Å²) in [4.78, 5) is 0. The number of hydrogen-bond acceptors (Lipinski definition) is 4. The Labute approximate surface area is 120 Å². The van der Waals surface area contributed by atoms with Crippen LogP contribution in [0.2, 0.25) is 0 Å². The van der Waals surface area contributed by atoms with Crippen molar-refractivity contribution in [2.75, 3.05) is 19.8 Å². The fourth-order valence-electron chi connectivity index (χ4n) is 3.14. The highest BCUT2D eigenvalue weighted by Gasteiger charge is 2.23. The Balaban J connectivity index is 1.53. The summed E-state index contributed by atoms with van der Waals surface area (Å²) in [5, 5.41) is 13.5. The van der Waals surface area contributed by atoms with Crippen LogP contribution in [-0.2, 0) is 6.54 Å². The zero-order valence-corrected chi connectivity index (χ0v) is 11.8. The molecule has 2 aliphatic rings. The second-order valence-corrected chi connectivity index (χ2v) is 5.68. The van der Waals surface area contributed by atoms with Gasteiger partial charge in [-0.05, 0) is 24.8 Å². The lowest BCUT2D eigenvalue weighted by Gasteiger charge is -2.22. The van der Waals surface area contributed by atoms with Crippen molar-refractivity contribution in [3.05, 3.63) is 23.8 Å². The maximum absolute atomic E-state index is 10.1. The highest BCUT2D eigenvalue weighted by atomic mass is 16.6. The third-order valence-corrected chi connectivity index (χ3v) is 4.26. The Morgan fingerprint density at radius 2 is 2.00 bits per heavy atom. The van der Waals surface area contributed by atoms with Crippen LogP contribution < -0.4 is 14.8 Å². The molecule has 1 unspecified atom stereocenters. The number of rotatable bonds is 5. The molecule has 3 rings (SSSR count). The van der Waals surface area contributed by atoms with Crippen molar-refractivity contribution in [2.45, 2.75) is 38.3 Å². The van der Waals surface area contributed by atoms with E-state index in [1.54, 1.807) is 0 Å². The van der Waals surface area contributed by atoms with Gasteiger partial charge in [0, 0.05) is 18.7 Å². The van der Waals surface area contributed by atoms with Crippen molar-refractivity contribution >= 4 is 0 Å². The summed E-state index contributed by atoms with van der Waals surface area (Å²) >= 11 is 0. The second kappa shape index (κ2) is 6.46. The van der Waals surface area contributed by atoms with E-state index in [0.29, 0.717) is 32.2 Å². The van der Waals surface area contributed by atoms with Crippen LogP contribution >= 0.6 is 0 Å². The minimum Gasteiger partial charge on any atom is -0.486 e. The Bertz CT molecular complexity index is 443. The smallest absolute Gasteiger partial charge is 0.165 e. The molecule has 0 bridgehead atoms. The minimum absolute atomic E-state index is 0.228. The van der Waals surface area contributed by atoms with Gasteiger partial charge in [-0.2, -0.15) is 0 Å². The van der Waals surface area contributed by atoms with E-state index in [1.165, 1.54) is 25.7 Å². The first-order valence-corrected chi connectivity index (χ1v) is 7.61. The van der Waals surface area contributed by atoms with Crippen LogP contribution in [0.15, 0.2) is 18.2 Å². The molecule has 0 spiro atoms. The van der Waals surface area contributed by atoms with E-state index in [0.717, 1.165) is 17.1 Å². The normalized spacial score (nSPS) is 20.1. The predicted molar refractivity (Wildman–Crippen MR) is 77.1 cm³/mol. The molecule has 4 heteroatoms. The summed E-state index contributed by atoms with van der Waals surface area (Å²) in [5.74, 6) is 2.15. The maximum atomic E-state index is 10.1. The van der Waals surface area contributed by atoms with Gasteiger partial charge in [-0.3, -0.25) is 0 Å². The van der Waals surface area contributed by atoms with Crippen LogP contribution in [0, 0.1) is 5.92 Å². The Morgan fingerprint density at radius 3 is 2.85 bits per heavy atom. The molecule has 1 aromatic rings. The van der Waals surface area contributed by atoms with Crippen molar-refractivity contribution in [1.82, 2.24) is 5.32 Å². The highest BCUT2D eigenvalue weighted by Crippen LogP contribution is 2.33. The molecule has 1 heterocycles. The largest absolute Gasteiger partial charge is 0.486 e. The quantitative estimate of drug-likeness (QED) is 0.865. The molecule has 0 aromatic heterocycles. The SMILES string of the molecule is OC(CNCc1cccc2c1OCCO2)C1CCCC1. The van der Waals surface area contributed by atoms with Gasteiger partial charge in [-0.25, -0.2) is 0 Å². The minimum atomic E-state index is -0.228. The summed E-state index contributed by atoms with van der Waals surface area (Å²) in [6.07, 6.45) is 4.63. The number of aliphatic hydroxyl groups excluding tert-OH is 1. The van der Waals surface area contributed by atoms with Crippen LogP contribution in [0.25, 0.3) is 0 Å². The molecule has 4 nitrogen and oxygen atoms in total. The van der Waals surface area contributed by atoms with E-state index < -0.39 is 0 Å². The molecule has 2 N–H and O–H groups in total. The van der Waals surface area contributed by atoms with Crippen molar-refractivity contribution in [1.29, 1.82) is 0 Å². The Hall–Kier alpha value is -1.26. The van der Waals surface area contributed by atoms with E-state index in [-0.39, 0.29) is 6.10 Å². The monoisotopic (exact) mass is 277 g/mol. The highest BCUT2D eigenvalue weighted by molar-refractivity contribution is 5.47. The van der Waals surface area contributed by atoms with Crippen LogP contribution in [0.3, 0.4) is 0 Å². The van der Waals surface area contributed by atoms with Crippen LogP contribution in [0.4, 0.5) is 0 Å². The lowest BCUT2D eigenvalue weighted by Crippen LogP contribution is -2.31. The fraction of sp³-hybridized carbons (Fsp3) is 0.625. The molecule has 1 atom stereocenters. The number of fused-ring (bicyclic) bond motifs is 1. The number of hydrogen-bond donors (Lipinski definition) is 2. The van der Waals surface area contributed by atoms with Gasteiger partial charge in [0.15, 0.2) is 11.5 Å². The first kappa shape index (κ1) is 13.7. The van der Waals surface area contributed by atoms with Crippen molar-refractivity contribution < 1.29 is 14.6 Å². The summed E-state index contributed by atoms with van der Waals surface area (Å²) in [5.41, 5.74) is 1.10. The molecule has 110 valence electrons. The molecular formula is C16H23NO3. The zero-order chi connectivity index (χ0) is 13.8. The summed E-state index contributed by atoms with van der Waals surface area (Å²) in [6, 6.07) is 5.96. The third-order valence-electron chi connectivity index (χ3n) is 4.26. The standard InChI is InChI=1S/C16H23NO3/c18-14(12-4-1-2-5-12)11-17-10-13-6-3-7-15-16(13)20-9-8-19-15/h3,6-7,12,14,17-18H,1-2,4-5,8-11H2. The number of aliphatic hydroxyl groups is 1. The van der Waals surface area contributed by atoms with E-state index in [1.807, 2.05) is 18.2 Å². The van der Waals surface area contributed by atoms with Gasteiger partial charge in [0.25, 0.3) is 0 Å². The molecule has 1 aliphatic carbocycles. The number of nitrogens with one attached hydrogen (secondary N) is 1. The molecule has 0 radical (unpaired) electrons. The summed E-state index contributed by atoms with van der Waals surface area (Å²) in [6.45, 7) is 2.57. The van der Waals surface area contributed by atoms with Gasteiger partial charge in [-0.1, -0.05) is 25.0 Å². The zero-order valence-electron chi connectivity index (χ0n) is 11.8. The summed E-state index contributed by atoms with van der Waals surface area (Å²) in [7, 11) is 0. The van der Waals surface area contributed by atoms with Crippen molar-refractivity contribution in [2.24, 2.45) is 5.92 Å². The molecule has 1 fully saturated rings. The van der Waals surface area contributed by atoms with E-state index >= 15 is 0 Å². The van der Waals surface area contributed by atoms with E-state index in [2.05, 4.69) is 5.32 Å². The molecule has 1 saturated carbocycles. The number of para-hydroxylation sites is 1. The lowest BCUT2D eigenvalue weighted by atomic mass is 10.0. The second-order valence-electron chi connectivity index (χ2n) is 5.68. The first-order chi connectivity index (χ1) is 9.84. The van der Waals surface area contributed by atoms with E-state index in [9.17, 15) is 5.11 Å². The van der Waals surface area contributed by atoms with Gasteiger partial charge in [0.05, 0.1) is 6.10 Å².